The Morgan fingerprint density at radius 3 is 2.47 bits per heavy atom. The summed E-state index contributed by atoms with van der Waals surface area (Å²) in [4.78, 5) is 8.51. The van der Waals surface area contributed by atoms with Crippen LogP contribution in [0.1, 0.15) is 76.1 Å². The maximum atomic E-state index is 13.8. The Morgan fingerprint density at radius 2 is 1.89 bits per heavy atom. The van der Waals surface area contributed by atoms with E-state index in [9.17, 15) is 4.39 Å². The second kappa shape index (κ2) is 6.97. The highest BCUT2D eigenvalue weighted by atomic mass is 19.1. The summed E-state index contributed by atoms with van der Waals surface area (Å²) in [6, 6.07) is 0. The van der Waals surface area contributed by atoms with E-state index in [1.165, 1.54) is 25.7 Å². The molecule has 1 fully saturated rings. The highest BCUT2D eigenvalue weighted by Crippen LogP contribution is 2.36. The lowest BCUT2D eigenvalue weighted by Gasteiger charge is -2.27. The van der Waals surface area contributed by atoms with Gasteiger partial charge < -0.3 is 0 Å². The van der Waals surface area contributed by atoms with Crippen LogP contribution >= 0.6 is 0 Å². The third-order valence-corrected chi connectivity index (χ3v) is 4.26. The van der Waals surface area contributed by atoms with Crippen LogP contribution in [0.5, 0.6) is 0 Å². The number of nitrogens with zero attached hydrogens (tertiary/aromatic N) is 2. The van der Waals surface area contributed by atoms with Crippen molar-refractivity contribution < 1.29 is 4.39 Å². The number of halogens is 1. The minimum Gasteiger partial charge on any atom is -0.241 e. The molecule has 1 saturated carbocycles. The van der Waals surface area contributed by atoms with Crippen molar-refractivity contribution in [2.75, 3.05) is 0 Å². The Balaban J connectivity index is 1.97. The highest BCUT2D eigenvalue weighted by molar-refractivity contribution is 5.10. The van der Waals surface area contributed by atoms with E-state index in [-0.39, 0.29) is 5.95 Å². The fourth-order valence-corrected chi connectivity index (χ4v) is 3.15. The van der Waals surface area contributed by atoms with E-state index < -0.39 is 0 Å². The number of aryl methyl sites for hydroxylation is 1. The third kappa shape index (κ3) is 3.74. The van der Waals surface area contributed by atoms with Crippen LogP contribution < -0.4 is 0 Å². The molecule has 0 unspecified atom stereocenters. The molecule has 1 aromatic rings. The molecule has 1 aromatic heterocycles. The van der Waals surface area contributed by atoms with E-state index >= 15 is 0 Å². The molecule has 1 heterocycles. The second-order valence-corrected chi connectivity index (χ2v) is 5.80. The average Bonchev–Trinajstić information content (AvgIpc) is 2.43. The second-order valence-electron chi connectivity index (χ2n) is 5.80. The van der Waals surface area contributed by atoms with E-state index in [4.69, 9.17) is 0 Å². The van der Waals surface area contributed by atoms with E-state index in [0.29, 0.717) is 11.5 Å². The minimum absolute atomic E-state index is 0.303. The van der Waals surface area contributed by atoms with Gasteiger partial charge in [0.05, 0.1) is 0 Å². The van der Waals surface area contributed by atoms with Crippen molar-refractivity contribution >= 4 is 0 Å². The zero-order chi connectivity index (χ0) is 13.7. The fourth-order valence-electron chi connectivity index (χ4n) is 3.15. The maximum Gasteiger partial charge on any atom is 0.219 e. The molecule has 0 radical (unpaired) electrons. The normalized spacial score (nSPS) is 23.5. The van der Waals surface area contributed by atoms with Crippen molar-refractivity contribution in [3.05, 3.63) is 23.5 Å². The van der Waals surface area contributed by atoms with Crippen molar-refractivity contribution in [3.63, 3.8) is 0 Å². The van der Waals surface area contributed by atoms with Crippen LogP contribution in [-0.2, 0) is 6.42 Å². The van der Waals surface area contributed by atoms with E-state index in [1.54, 1.807) is 6.20 Å². The third-order valence-electron chi connectivity index (χ3n) is 4.26. The van der Waals surface area contributed by atoms with Gasteiger partial charge in [0.2, 0.25) is 5.95 Å². The largest absolute Gasteiger partial charge is 0.241 e. The number of hydrogen-bond donors (Lipinski definition) is 0. The Hall–Kier alpha value is -0.990. The SMILES string of the molecule is CCCc1cnc(C2CCC(CCC)CC2)nc1F. The van der Waals surface area contributed by atoms with E-state index in [1.807, 2.05) is 6.92 Å². The summed E-state index contributed by atoms with van der Waals surface area (Å²) in [6.45, 7) is 4.29. The molecular weight excluding hydrogens is 239 g/mol. The molecule has 2 rings (SSSR count). The molecule has 106 valence electrons. The molecule has 0 aliphatic heterocycles. The van der Waals surface area contributed by atoms with Gasteiger partial charge in [0.15, 0.2) is 0 Å². The van der Waals surface area contributed by atoms with Crippen LogP contribution in [-0.4, -0.2) is 9.97 Å². The molecule has 1 aliphatic rings. The van der Waals surface area contributed by atoms with Gasteiger partial charge in [-0.3, -0.25) is 0 Å². The van der Waals surface area contributed by atoms with Crippen LogP contribution in [0.3, 0.4) is 0 Å². The Bertz CT molecular complexity index is 398. The van der Waals surface area contributed by atoms with Gasteiger partial charge in [-0.15, -0.1) is 0 Å². The number of rotatable bonds is 5. The van der Waals surface area contributed by atoms with Gasteiger partial charge in [0.25, 0.3) is 0 Å². The van der Waals surface area contributed by atoms with Crippen LogP contribution in [0.25, 0.3) is 0 Å². The summed E-state index contributed by atoms with van der Waals surface area (Å²) in [5.74, 6) is 1.67. The Kier molecular flexibility index (Phi) is 5.29. The van der Waals surface area contributed by atoms with E-state index in [0.717, 1.165) is 37.4 Å². The molecule has 1 aliphatic carbocycles. The minimum atomic E-state index is -0.303. The smallest absolute Gasteiger partial charge is 0.219 e. The Morgan fingerprint density at radius 1 is 1.16 bits per heavy atom. The van der Waals surface area contributed by atoms with Crippen molar-refractivity contribution in [3.8, 4) is 0 Å². The zero-order valence-electron chi connectivity index (χ0n) is 12.2. The zero-order valence-corrected chi connectivity index (χ0v) is 12.2. The summed E-state index contributed by atoms with van der Waals surface area (Å²) in [5, 5.41) is 0. The quantitative estimate of drug-likeness (QED) is 0.724. The molecule has 0 saturated heterocycles. The van der Waals surface area contributed by atoms with Gasteiger partial charge >= 0.3 is 0 Å². The predicted molar refractivity (Wildman–Crippen MR) is 75.6 cm³/mol. The summed E-state index contributed by atoms with van der Waals surface area (Å²) in [7, 11) is 0. The summed E-state index contributed by atoms with van der Waals surface area (Å²) >= 11 is 0. The molecule has 2 nitrogen and oxygen atoms in total. The summed E-state index contributed by atoms with van der Waals surface area (Å²) in [5.41, 5.74) is 0.658. The molecule has 3 heteroatoms. The van der Waals surface area contributed by atoms with Gasteiger partial charge in [0.1, 0.15) is 5.82 Å². The van der Waals surface area contributed by atoms with Crippen molar-refractivity contribution in [2.24, 2.45) is 5.92 Å². The van der Waals surface area contributed by atoms with Crippen molar-refractivity contribution in [2.45, 2.75) is 71.1 Å². The van der Waals surface area contributed by atoms with Gasteiger partial charge in [-0.25, -0.2) is 9.97 Å². The lowest BCUT2D eigenvalue weighted by atomic mass is 9.80. The Labute approximate surface area is 115 Å². The molecule has 0 atom stereocenters. The predicted octanol–water partition coefficient (Wildman–Crippen LogP) is 4.64. The average molecular weight is 264 g/mol. The lowest BCUT2D eigenvalue weighted by molar-refractivity contribution is 0.300. The number of aromatic nitrogens is 2. The lowest BCUT2D eigenvalue weighted by Crippen LogP contribution is -2.16. The van der Waals surface area contributed by atoms with Gasteiger partial charge in [-0.05, 0) is 38.0 Å². The first-order valence-electron chi connectivity index (χ1n) is 7.75. The molecule has 0 bridgehead atoms. The van der Waals surface area contributed by atoms with Crippen molar-refractivity contribution in [1.29, 1.82) is 0 Å². The maximum absolute atomic E-state index is 13.8. The van der Waals surface area contributed by atoms with Gasteiger partial charge in [-0.2, -0.15) is 4.39 Å². The number of hydrogen-bond acceptors (Lipinski definition) is 2. The fraction of sp³-hybridized carbons (Fsp3) is 0.750. The standard InChI is InChI=1S/C16H25FN2/c1-3-5-12-7-9-13(10-8-12)16-18-11-14(6-4-2)15(17)19-16/h11-13H,3-10H2,1-2H3. The summed E-state index contributed by atoms with van der Waals surface area (Å²) in [6.07, 6.45) is 10.7. The molecule has 19 heavy (non-hydrogen) atoms. The van der Waals surface area contributed by atoms with Crippen LogP contribution in [0, 0.1) is 11.9 Å². The first-order chi connectivity index (χ1) is 9.24. The van der Waals surface area contributed by atoms with Crippen LogP contribution in [0.2, 0.25) is 0 Å². The highest BCUT2D eigenvalue weighted by Gasteiger charge is 2.24. The van der Waals surface area contributed by atoms with Crippen LogP contribution in [0.15, 0.2) is 6.20 Å². The van der Waals surface area contributed by atoms with Gasteiger partial charge in [-0.1, -0.05) is 33.1 Å². The molecular formula is C16H25FN2. The molecule has 0 aromatic carbocycles. The molecule has 0 N–H and O–H groups in total. The topological polar surface area (TPSA) is 25.8 Å². The van der Waals surface area contributed by atoms with E-state index in [2.05, 4.69) is 16.9 Å². The summed E-state index contributed by atoms with van der Waals surface area (Å²) < 4.78 is 13.8. The first kappa shape index (κ1) is 14.4. The molecule has 0 amide bonds. The first-order valence-corrected chi connectivity index (χ1v) is 7.75. The monoisotopic (exact) mass is 264 g/mol. The van der Waals surface area contributed by atoms with Gasteiger partial charge in [0, 0.05) is 17.7 Å². The van der Waals surface area contributed by atoms with Crippen molar-refractivity contribution in [1.82, 2.24) is 9.97 Å². The van der Waals surface area contributed by atoms with Crippen LogP contribution in [0.4, 0.5) is 4.39 Å². The molecule has 0 spiro atoms.